The average Bonchev–Trinajstić information content (AvgIpc) is 3.67. The third kappa shape index (κ3) is 5.28. The van der Waals surface area contributed by atoms with Gasteiger partial charge in [-0.05, 0) is 54.2 Å². The average molecular weight is 620 g/mol. The number of oxazole rings is 1. The molecule has 0 bridgehead atoms. The van der Waals surface area contributed by atoms with Gasteiger partial charge in [0.25, 0.3) is 5.91 Å². The van der Waals surface area contributed by atoms with Crippen molar-refractivity contribution in [3.63, 3.8) is 0 Å². The highest BCUT2D eigenvalue weighted by atomic mass is 35.5. The van der Waals surface area contributed by atoms with E-state index in [1.54, 1.807) is 24.4 Å². The lowest BCUT2D eigenvalue weighted by Gasteiger charge is -2.30. The minimum atomic E-state index is -1.56. The van der Waals surface area contributed by atoms with Gasteiger partial charge < -0.3 is 19.4 Å². The fourth-order valence-corrected chi connectivity index (χ4v) is 5.74. The molecule has 0 spiro atoms. The zero-order valence-corrected chi connectivity index (χ0v) is 24.6. The summed E-state index contributed by atoms with van der Waals surface area (Å²) in [5.41, 5.74) is 0.226. The van der Waals surface area contributed by atoms with Crippen molar-refractivity contribution in [2.45, 2.75) is 24.4 Å². The molecule has 2 fully saturated rings. The quantitative estimate of drug-likeness (QED) is 0.238. The number of carbonyl (C=O) groups is 2. The van der Waals surface area contributed by atoms with Crippen molar-refractivity contribution in [3.05, 3.63) is 101 Å². The third-order valence-electron chi connectivity index (χ3n) is 7.83. The van der Waals surface area contributed by atoms with Crippen LogP contribution in [0.2, 0.25) is 5.02 Å². The molecule has 1 aliphatic heterocycles. The minimum Gasteiger partial charge on any atom is -0.447 e. The topological polar surface area (TPSA) is 112 Å². The first-order chi connectivity index (χ1) is 21.1. The standard InChI is InChI=1S/C32H28ClF2N5O4/c1-39(2)31(42)43-17-26(19-8-11-25(33)24(12-19)28-37-16-27(44-28)18-6-4-3-5-7-18)40-29(41)32(20-9-10-20,38-30(40)36)21-13-22(34)15-23(35)14-21/h3-8,11-16,20,26H,9-10,17H2,1-2H3,(H2,36,38)/t26-,32-/m1/s1. The van der Waals surface area contributed by atoms with Crippen molar-refractivity contribution < 1.29 is 27.5 Å². The van der Waals surface area contributed by atoms with Crippen molar-refractivity contribution in [2.75, 3.05) is 20.7 Å². The Kier molecular flexibility index (Phi) is 7.58. The van der Waals surface area contributed by atoms with E-state index in [4.69, 9.17) is 26.2 Å². The van der Waals surface area contributed by atoms with E-state index >= 15 is 0 Å². The van der Waals surface area contributed by atoms with Gasteiger partial charge in [-0.2, -0.15) is 0 Å². The molecule has 3 aromatic carbocycles. The number of halogens is 3. The highest BCUT2D eigenvalue weighted by molar-refractivity contribution is 6.33. The van der Waals surface area contributed by atoms with Gasteiger partial charge in [-0.25, -0.2) is 18.6 Å². The fraction of sp³-hybridized carbons (Fsp3) is 0.250. The van der Waals surface area contributed by atoms with Crippen LogP contribution in [0.3, 0.4) is 0 Å². The molecule has 2 N–H and O–H groups in total. The van der Waals surface area contributed by atoms with Gasteiger partial charge in [0.05, 0.1) is 22.8 Å². The summed E-state index contributed by atoms with van der Waals surface area (Å²) >= 11 is 6.58. The molecule has 6 rings (SSSR count). The van der Waals surface area contributed by atoms with E-state index in [9.17, 15) is 18.4 Å². The molecule has 9 nitrogen and oxygen atoms in total. The maximum atomic E-state index is 14.4. The van der Waals surface area contributed by atoms with Gasteiger partial charge in [-0.15, -0.1) is 0 Å². The Morgan fingerprint density at radius 3 is 2.52 bits per heavy atom. The van der Waals surface area contributed by atoms with E-state index in [0.717, 1.165) is 23.8 Å². The van der Waals surface area contributed by atoms with Gasteiger partial charge in [0, 0.05) is 25.7 Å². The van der Waals surface area contributed by atoms with Gasteiger partial charge in [0.2, 0.25) is 5.89 Å². The Balaban J connectivity index is 1.41. The molecule has 1 saturated heterocycles. The number of hydrogen-bond donors (Lipinski definition) is 2. The van der Waals surface area contributed by atoms with E-state index in [-0.39, 0.29) is 29.9 Å². The zero-order valence-electron chi connectivity index (χ0n) is 23.8. The number of hydrogen-bond acceptors (Lipinski definition) is 6. The summed E-state index contributed by atoms with van der Waals surface area (Å²) in [6.07, 6.45) is 2.17. The van der Waals surface area contributed by atoms with Crippen LogP contribution in [0.15, 0.2) is 77.3 Å². The summed E-state index contributed by atoms with van der Waals surface area (Å²) in [4.78, 5) is 33.7. The number of guanidine groups is 1. The molecule has 2 atom stereocenters. The first-order valence-corrected chi connectivity index (χ1v) is 14.3. The minimum absolute atomic E-state index is 0.0869. The molecule has 226 valence electrons. The lowest BCUT2D eigenvalue weighted by Crippen LogP contribution is -2.47. The Bertz CT molecular complexity index is 1740. The van der Waals surface area contributed by atoms with Crippen LogP contribution in [0, 0.1) is 23.0 Å². The summed E-state index contributed by atoms with van der Waals surface area (Å²) in [7, 11) is 3.04. The van der Waals surface area contributed by atoms with Crippen molar-refractivity contribution in [1.29, 1.82) is 5.41 Å². The second-order valence-electron chi connectivity index (χ2n) is 11.0. The monoisotopic (exact) mass is 619 g/mol. The summed E-state index contributed by atoms with van der Waals surface area (Å²) in [6.45, 7) is -0.326. The number of amides is 2. The van der Waals surface area contributed by atoms with Crippen LogP contribution in [0.1, 0.15) is 30.0 Å². The van der Waals surface area contributed by atoms with Crippen molar-refractivity contribution >= 4 is 29.6 Å². The molecule has 0 unspecified atom stereocenters. The van der Waals surface area contributed by atoms with E-state index in [0.29, 0.717) is 34.8 Å². The van der Waals surface area contributed by atoms with Gasteiger partial charge in [0.15, 0.2) is 11.7 Å². The molecule has 0 radical (unpaired) electrons. The lowest BCUT2D eigenvalue weighted by molar-refractivity contribution is -0.134. The number of nitrogens with one attached hydrogen (secondary N) is 2. The Labute approximate surface area is 256 Å². The van der Waals surface area contributed by atoms with Crippen molar-refractivity contribution in [1.82, 2.24) is 20.1 Å². The van der Waals surface area contributed by atoms with Crippen molar-refractivity contribution in [3.8, 4) is 22.8 Å². The number of nitrogens with zero attached hydrogens (tertiary/aromatic N) is 3. The van der Waals surface area contributed by atoms with Gasteiger partial charge >= 0.3 is 6.09 Å². The summed E-state index contributed by atoms with van der Waals surface area (Å²) in [5.74, 6) is -2.09. The summed E-state index contributed by atoms with van der Waals surface area (Å²) < 4.78 is 40.3. The Morgan fingerprint density at radius 2 is 1.86 bits per heavy atom. The molecule has 2 heterocycles. The van der Waals surface area contributed by atoms with Crippen LogP contribution in [0.25, 0.3) is 22.8 Å². The van der Waals surface area contributed by atoms with E-state index in [1.807, 2.05) is 30.3 Å². The predicted molar refractivity (Wildman–Crippen MR) is 159 cm³/mol. The SMILES string of the molecule is CN(C)C(=O)OC[C@H](c1ccc(Cl)c(-c2ncc(-c3ccccc3)o2)c1)N1C(=N)N[C@@](c2cc(F)cc(F)c2)(C2CC2)C1=O. The first-order valence-electron chi connectivity index (χ1n) is 13.9. The normalized spacial score (nSPS) is 18.7. The van der Waals surface area contributed by atoms with Crippen LogP contribution >= 0.6 is 11.6 Å². The fourth-order valence-electron chi connectivity index (χ4n) is 5.54. The highest BCUT2D eigenvalue weighted by Crippen LogP contribution is 2.50. The molecule has 44 heavy (non-hydrogen) atoms. The second kappa shape index (κ2) is 11.4. The van der Waals surface area contributed by atoms with Gasteiger partial charge in [-0.1, -0.05) is 48.0 Å². The van der Waals surface area contributed by atoms with Crippen LogP contribution in [-0.2, 0) is 15.1 Å². The second-order valence-corrected chi connectivity index (χ2v) is 11.4. The highest BCUT2D eigenvalue weighted by Gasteiger charge is 2.60. The maximum absolute atomic E-state index is 14.4. The zero-order chi connectivity index (χ0) is 31.2. The van der Waals surface area contributed by atoms with Gasteiger partial charge in [-0.3, -0.25) is 15.1 Å². The number of ether oxygens (including phenoxy) is 1. The maximum Gasteiger partial charge on any atom is 0.409 e. The molecule has 1 saturated carbocycles. The smallest absolute Gasteiger partial charge is 0.409 e. The number of carbonyl (C=O) groups excluding carboxylic acids is 2. The molecule has 1 aliphatic carbocycles. The predicted octanol–water partition coefficient (Wildman–Crippen LogP) is 6.35. The largest absolute Gasteiger partial charge is 0.447 e. The molecular weight excluding hydrogens is 592 g/mol. The van der Waals surface area contributed by atoms with Crippen LogP contribution < -0.4 is 5.32 Å². The van der Waals surface area contributed by atoms with Crippen LogP contribution in [-0.4, -0.2) is 53.4 Å². The molecule has 1 aromatic heterocycles. The van der Waals surface area contributed by atoms with Gasteiger partial charge in [0.1, 0.15) is 23.8 Å². The van der Waals surface area contributed by atoms with Crippen LogP contribution in [0.4, 0.5) is 13.6 Å². The summed E-state index contributed by atoms with van der Waals surface area (Å²) in [6, 6.07) is 16.3. The molecule has 12 heteroatoms. The number of aromatic nitrogens is 1. The van der Waals surface area contributed by atoms with E-state index < -0.39 is 35.2 Å². The number of benzene rings is 3. The Hall–Kier alpha value is -4.77. The third-order valence-corrected chi connectivity index (χ3v) is 8.16. The van der Waals surface area contributed by atoms with Crippen molar-refractivity contribution in [2.24, 2.45) is 5.92 Å². The van der Waals surface area contributed by atoms with Crippen LogP contribution in [0.5, 0.6) is 0 Å². The molecule has 4 aromatic rings. The first kappa shape index (κ1) is 29.3. The lowest BCUT2D eigenvalue weighted by atomic mass is 9.84. The molecule has 2 amide bonds. The number of rotatable bonds is 8. The summed E-state index contributed by atoms with van der Waals surface area (Å²) in [5, 5.41) is 12.2. The van der Waals surface area contributed by atoms with E-state index in [1.165, 1.54) is 23.9 Å². The molecule has 2 aliphatic rings. The van der Waals surface area contributed by atoms with E-state index in [2.05, 4.69) is 10.3 Å². The molecular formula is C32H28ClF2N5O4. The Morgan fingerprint density at radius 1 is 1.16 bits per heavy atom.